The van der Waals surface area contributed by atoms with Gasteiger partial charge in [0.2, 0.25) is 0 Å². The van der Waals surface area contributed by atoms with Crippen LogP contribution in [-0.4, -0.2) is 5.78 Å². The minimum Gasteiger partial charge on any atom is -0.299 e. The Bertz CT molecular complexity index is 576. The lowest BCUT2D eigenvalue weighted by molar-refractivity contribution is -0.117. The van der Waals surface area contributed by atoms with Crippen LogP contribution in [0.1, 0.15) is 27.8 Å². The molecule has 0 unspecified atom stereocenters. The van der Waals surface area contributed by atoms with Crippen molar-refractivity contribution in [2.24, 2.45) is 0 Å². The Morgan fingerprint density at radius 2 is 1.53 bits per heavy atom. The number of aryl methyl sites for hydroxylation is 3. The minimum absolute atomic E-state index is 0.277. The van der Waals surface area contributed by atoms with Crippen LogP contribution >= 0.6 is 0 Å². The number of carbonyl (C=O) groups is 1. The summed E-state index contributed by atoms with van der Waals surface area (Å²) in [5.74, 6) is 0.277. The summed E-state index contributed by atoms with van der Waals surface area (Å²) in [5, 5.41) is 0. The molecule has 2 aromatic rings. The fourth-order valence-corrected chi connectivity index (χ4v) is 2.48. The lowest BCUT2D eigenvalue weighted by Gasteiger charge is -2.06. The molecule has 0 saturated heterocycles. The summed E-state index contributed by atoms with van der Waals surface area (Å²) in [6.45, 7) is 6.20. The van der Waals surface area contributed by atoms with E-state index in [9.17, 15) is 4.79 Å². The minimum atomic E-state index is 0.277. The maximum Gasteiger partial charge on any atom is 0.141 e. The summed E-state index contributed by atoms with van der Waals surface area (Å²) in [7, 11) is 0. The largest absolute Gasteiger partial charge is 0.299 e. The van der Waals surface area contributed by atoms with Crippen molar-refractivity contribution >= 4 is 5.78 Å². The van der Waals surface area contributed by atoms with Gasteiger partial charge in [-0.05, 0) is 37.5 Å². The molecular formula is C18H20O. The van der Waals surface area contributed by atoms with Crippen LogP contribution in [0, 0.1) is 20.8 Å². The fourth-order valence-electron chi connectivity index (χ4n) is 2.48. The van der Waals surface area contributed by atoms with Crippen LogP contribution in [0.3, 0.4) is 0 Å². The molecule has 0 radical (unpaired) electrons. The predicted molar refractivity (Wildman–Crippen MR) is 79.5 cm³/mol. The van der Waals surface area contributed by atoms with E-state index in [2.05, 4.69) is 45.0 Å². The highest BCUT2D eigenvalue weighted by Crippen LogP contribution is 2.13. The topological polar surface area (TPSA) is 17.1 Å². The van der Waals surface area contributed by atoms with Crippen molar-refractivity contribution in [3.05, 3.63) is 70.3 Å². The molecule has 0 atom stereocenters. The molecule has 2 aromatic carbocycles. The molecule has 98 valence electrons. The van der Waals surface area contributed by atoms with Crippen molar-refractivity contribution in [3.63, 3.8) is 0 Å². The van der Waals surface area contributed by atoms with E-state index < -0.39 is 0 Å². The van der Waals surface area contributed by atoms with Crippen LogP contribution in [0.5, 0.6) is 0 Å². The van der Waals surface area contributed by atoms with E-state index in [0.29, 0.717) is 12.8 Å². The van der Waals surface area contributed by atoms with Gasteiger partial charge in [0.05, 0.1) is 0 Å². The molecule has 0 N–H and O–H groups in total. The SMILES string of the molecule is Cc1cc(C)cc(CC(=O)Cc2ccccc2C)c1. The Balaban J connectivity index is 2.07. The summed E-state index contributed by atoms with van der Waals surface area (Å²) < 4.78 is 0. The summed E-state index contributed by atoms with van der Waals surface area (Å²) in [5.41, 5.74) is 5.89. The zero-order valence-electron chi connectivity index (χ0n) is 11.9. The predicted octanol–water partition coefficient (Wildman–Crippen LogP) is 3.97. The summed E-state index contributed by atoms with van der Waals surface area (Å²) in [6.07, 6.45) is 1.05. The van der Waals surface area contributed by atoms with Crippen LogP contribution < -0.4 is 0 Å². The molecule has 19 heavy (non-hydrogen) atoms. The molecule has 0 amide bonds. The standard InChI is InChI=1S/C18H20O/c1-13-8-14(2)10-16(9-13)11-18(19)12-17-7-5-4-6-15(17)3/h4-10H,11-12H2,1-3H3. The van der Waals surface area contributed by atoms with Crippen molar-refractivity contribution in [1.29, 1.82) is 0 Å². The Kier molecular flexibility index (Phi) is 4.16. The maximum atomic E-state index is 12.2. The normalized spacial score (nSPS) is 10.5. The number of Topliss-reactive ketones (excluding diaryl/α,β-unsaturated/α-hetero) is 1. The molecular weight excluding hydrogens is 232 g/mol. The summed E-state index contributed by atoms with van der Waals surface area (Å²) in [6, 6.07) is 14.4. The van der Waals surface area contributed by atoms with E-state index in [4.69, 9.17) is 0 Å². The van der Waals surface area contributed by atoms with Crippen LogP contribution in [0.4, 0.5) is 0 Å². The van der Waals surface area contributed by atoms with Crippen LogP contribution in [-0.2, 0) is 17.6 Å². The van der Waals surface area contributed by atoms with E-state index in [1.165, 1.54) is 16.7 Å². The van der Waals surface area contributed by atoms with E-state index in [-0.39, 0.29) is 5.78 Å². The van der Waals surface area contributed by atoms with E-state index in [1.807, 2.05) is 18.2 Å². The molecule has 2 rings (SSSR count). The van der Waals surface area contributed by atoms with Crippen molar-refractivity contribution in [1.82, 2.24) is 0 Å². The monoisotopic (exact) mass is 252 g/mol. The maximum absolute atomic E-state index is 12.2. The second-order valence-corrected chi connectivity index (χ2v) is 5.31. The molecule has 1 nitrogen and oxygen atoms in total. The van der Waals surface area contributed by atoms with Gasteiger partial charge in [0, 0.05) is 12.8 Å². The summed E-state index contributed by atoms with van der Waals surface area (Å²) in [4.78, 5) is 12.2. The van der Waals surface area contributed by atoms with E-state index >= 15 is 0 Å². The third kappa shape index (κ3) is 3.78. The lowest BCUT2D eigenvalue weighted by Crippen LogP contribution is -2.08. The first-order valence-corrected chi connectivity index (χ1v) is 6.68. The number of carbonyl (C=O) groups excluding carboxylic acids is 1. The highest BCUT2D eigenvalue weighted by atomic mass is 16.1. The molecule has 0 bridgehead atoms. The second kappa shape index (κ2) is 5.83. The molecule has 0 fully saturated rings. The first-order valence-electron chi connectivity index (χ1n) is 6.68. The lowest BCUT2D eigenvalue weighted by atomic mass is 9.98. The van der Waals surface area contributed by atoms with Crippen molar-refractivity contribution in [2.45, 2.75) is 33.6 Å². The third-order valence-electron chi connectivity index (χ3n) is 3.33. The Hall–Kier alpha value is -1.89. The fraction of sp³-hybridized carbons (Fsp3) is 0.278. The average Bonchev–Trinajstić information content (AvgIpc) is 2.30. The molecule has 0 aromatic heterocycles. The van der Waals surface area contributed by atoms with Crippen LogP contribution in [0.2, 0.25) is 0 Å². The average molecular weight is 252 g/mol. The third-order valence-corrected chi connectivity index (χ3v) is 3.33. The van der Waals surface area contributed by atoms with Gasteiger partial charge in [0.1, 0.15) is 5.78 Å². The molecule has 0 aliphatic heterocycles. The molecule has 1 heteroatoms. The number of hydrogen-bond acceptors (Lipinski definition) is 1. The van der Waals surface area contributed by atoms with Gasteiger partial charge < -0.3 is 0 Å². The Morgan fingerprint density at radius 1 is 0.895 bits per heavy atom. The second-order valence-electron chi connectivity index (χ2n) is 5.31. The van der Waals surface area contributed by atoms with Gasteiger partial charge in [-0.25, -0.2) is 0 Å². The number of rotatable bonds is 4. The molecule has 0 saturated carbocycles. The van der Waals surface area contributed by atoms with Gasteiger partial charge in [-0.2, -0.15) is 0 Å². The quantitative estimate of drug-likeness (QED) is 0.804. The Labute approximate surface area is 115 Å². The first kappa shape index (κ1) is 13.5. The van der Waals surface area contributed by atoms with Gasteiger partial charge in [0.15, 0.2) is 0 Å². The van der Waals surface area contributed by atoms with E-state index in [0.717, 1.165) is 11.1 Å². The summed E-state index contributed by atoms with van der Waals surface area (Å²) >= 11 is 0. The molecule has 0 aliphatic rings. The highest BCUT2D eigenvalue weighted by Gasteiger charge is 2.07. The van der Waals surface area contributed by atoms with Gasteiger partial charge in [-0.1, -0.05) is 53.6 Å². The van der Waals surface area contributed by atoms with Crippen LogP contribution in [0.25, 0.3) is 0 Å². The van der Waals surface area contributed by atoms with Gasteiger partial charge in [0.25, 0.3) is 0 Å². The highest BCUT2D eigenvalue weighted by molar-refractivity contribution is 5.83. The van der Waals surface area contributed by atoms with E-state index in [1.54, 1.807) is 0 Å². The molecule has 0 spiro atoms. The number of ketones is 1. The zero-order valence-corrected chi connectivity index (χ0v) is 11.9. The van der Waals surface area contributed by atoms with Crippen molar-refractivity contribution in [2.75, 3.05) is 0 Å². The van der Waals surface area contributed by atoms with Gasteiger partial charge in [-0.15, -0.1) is 0 Å². The Morgan fingerprint density at radius 3 is 2.16 bits per heavy atom. The van der Waals surface area contributed by atoms with Gasteiger partial charge in [-0.3, -0.25) is 4.79 Å². The smallest absolute Gasteiger partial charge is 0.141 e. The van der Waals surface area contributed by atoms with Crippen molar-refractivity contribution < 1.29 is 4.79 Å². The van der Waals surface area contributed by atoms with Crippen LogP contribution in [0.15, 0.2) is 42.5 Å². The number of benzene rings is 2. The number of hydrogen-bond donors (Lipinski definition) is 0. The van der Waals surface area contributed by atoms with Gasteiger partial charge >= 0.3 is 0 Å². The molecule has 0 aliphatic carbocycles. The first-order chi connectivity index (χ1) is 9.04. The zero-order chi connectivity index (χ0) is 13.8. The molecule has 0 heterocycles. The van der Waals surface area contributed by atoms with Crippen molar-refractivity contribution in [3.8, 4) is 0 Å².